The number of hydrogen-bond acceptors (Lipinski definition) is 3. The normalized spacial score (nSPS) is 13.1. The second-order valence-corrected chi connectivity index (χ2v) is 11.8. The van der Waals surface area contributed by atoms with Gasteiger partial charge in [0.15, 0.2) is 8.32 Å². The van der Waals surface area contributed by atoms with E-state index in [4.69, 9.17) is 9.16 Å². The Labute approximate surface area is 139 Å². The van der Waals surface area contributed by atoms with E-state index in [0.29, 0.717) is 18.8 Å². The van der Waals surface area contributed by atoms with E-state index in [1.54, 1.807) is 19.1 Å². The summed E-state index contributed by atoms with van der Waals surface area (Å²) in [5, 5.41) is 0.0742. The van der Waals surface area contributed by atoms with E-state index in [2.05, 4.69) is 33.9 Å². The van der Waals surface area contributed by atoms with Crippen molar-refractivity contribution in [3.63, 3.8) is 0 Å². The fraction of sp³-hybridized carbons (Fsp3) is 0.500. The monoisotopic (exact) mass is 338 g/mol. The maximum Gasteiger partial charge on any atom is 0.331 e. The molecule has 0 saturated heterocycles. The van der Waals surface area contributed by atoms with Crippen molar-refractivity contribution in [1.82, 2.24) is 0 Å². The van der Waals surface area contributed by atoms with Crippen LogP contribution in [0, 0.1) is 5.82 Å². The molecule has 23 heavy (non-hydrogen) atoms. The summed E-state index contributed by atoms with van der Waals surface area (Å²) in [6, 6.07) is 6.05. The summed E-state index contributed by atoms with van der Waals surface area (Å²) < 4.78 is 24.3. The van der Waals surface area contributed by atoms with Crippen LogP contribution in [0.15, 0.2) is 30.3 Å². The molecule has 0 fully saturated rings. The van der Waals surface area contributed by atoms with Crippen molar-refractivity contribution >= 4 is 19.9 Å². The molecule has 0 radical (unpaired) electrons. The summed E-state index contributed by atoms with van der Waals surface area (Å²) in [4.78, 5) is 11.8. The van der Waals surface area contributed by atoms with Gasteiger partial charge >= 0.3 is 5.97 Å². The van der Waals surface area contributed by atoms with Crippen molar-refractivity contribution < 1.29 is 18.3 Å². The third kappa shape index (κ3) is 5.92. The maximum absolute atomic E-state index is 13.1. The van der Waals surface area contributed by atoms with Crippen LogP contribution in [0.3, 0.4) is 0 Å². The highest BCUT2D eigenvalue weighted by atomic mass is 28.4. The molecule has 0 amide bonds. The zero-order chi connectivity index (χ0) is 17.7. The van der Waals surface area contributed by atoms with Gasteiger partial charge in [0, 0.05) is 6.08 Å². The molecular formula is C18H27FO3Si. The van der Waals surface area contributed by atoms with E-state index in [9.17, 15) is 9.18 Å². The van der Waals surface area contributed by atoms with Gasteiger partial charge in [-0.15, -0.1) is 0 Å². The van der Waals surface area contributed by atoms with Crippen LogP contribution in [0.1, 0.15) is 33.3 Å². The van der Waals surface area contributed by atoms with E-state index < -0.39 is 14.3 Å². The molecule has 0 N–H and O–H groups in total. The molecule has 1 rings (SSSR count). The third-order valence-corrected chi connectivity index (χ3v) is 8.67. The van der Waals surface area contributed by atoms with Gasteiger partial charge in [0.25, 0.3) is 0 Å². The number of ether oxygens (including phenoxy) is 1. The van der Waals surface area contributed by atoms with Gasteiger partial charge < -0.3 is 9.16 Å². The SMILES string of the molecule is CCOC(=O)/C=C(\CO[Si](C)(C)C(C)(C)C)c1ccc(F)cc1. The van der Waals surface area contributed by atoms with Crippen LogP contribution in [-0.4, -0.2) is 27.5 Å². The van der Waals surface area contributed by atoms with Crippen LogP contribution in [0.2, 0.25) is 18.1 Å². The minimum Gasteiger partial charge on any atom is -0.463 e. The molecule has 0 heterocycles. The Balaban J connectivity index is 3.01. The summed E-state index contributed by atoms with van der Waals surface area (Å²) in [7, 11) is -1.95. The number of rotatable bonds is 6. The molecule has 0 aliphatic carbocycles. The summed E-state index contributed by atoms with van der Waals surface area (Å²) in [5.41, 5.74) is 1.46. The van der Waals surface area contributed by atoms with Gasteiger partial charge in [-0.3, -0.25) is 0 Å². The first-order valence-electron chi connectivity index (χ1n) is 7.84. The average molecular weight is 338 g/mol. The van der Waals surface area contributed by atoms with Crippen molar-refractivity contribution in [2.24, 2.45) is 0 Å². The predicted octanol–water partition coefficient (Wildman–Crippen LogP) is 4.79. The fourth-order valence-electron chi connectivity index (χ4n) is 1.67. The highest BCUT2D eigenvalue weighted by molar-refractivity contribution is 6.74. The topological polar surface area (TPSA) is 35.5 Å². The molecule has 128 valence electrons. The predicted molar refractivity (Wildman–Crippen MR) is 94.2 cm³/mol. The lowest BCUT2D eigenvalue weighted by molar-refractivity contribution is -0.137. The van der Waals surface area contributed by atoms with Crippen LogP contribution >= 0.6 is 0 Å². The summed E-state index contributed by atoms with van der Waals surface area (Å²) in [6.45, 7) is 13.2. The number of carbonyl (C=O) groups excluding carboxylic acids is 1. The molecule has 0 atom stereocenters. The van der Waals surface area contributed by atoms with Gasteiger partial charge in [-0.2, -0.15) is 0 Å². The Hall–Kier alpha value is -1.46. The molecule has 1 aromatic carbocycles. The van der Waals surface area contributed by atoms with E-state index in [-0.39, 0.29) is 10.9 Å². The largest absolute Gasteiger partial charge is 0.463 e. The molecule has 0 aromatic heterocycles. The van der Waals surface area contributed by atoms with Crippen molar-refractivity contribution in [3.05, 3.63) is 41.7 Å². The van der Waals surface area contributed by atoms with Gasteiger partial charge in [0.1, 0.15) is 5.82 Å². The summed E-state index contributed by atoms with van der Waals surface area (Å²) in [5.74, 6) is -0.722. The van der Waals surface area contributed by atoms with Crippen LogP contribution < -0.4 is 0 Å². The van der Waals surface area contributed by atoms with Gasteiger partial charge in [0.05, 0.1) is 13.2 Å². The number of halogens is 1. The first-order valence-corrected chi connectivity index (χ1v) is 10.7. The molecule has 0 bridgehead atoms. The van der Waals surface area contributed by atoms with E-state index in [1.807, 2.05) is 0 Å². The summed E-state index contributed by atoms with van der Waals surface area (Å²) in [6.07, 6.45) is 1.43. The molecule has 5 heteroatoms. The van der Waals surface area contributed by atoms with E-state index in [1.165, 1.54) is 18.2 Å². The van der Waals surface area contributed by atoms with Crippen LogP contribution in [0.5, 0.6) is 0 Å². The van der Waals surface area contributed by atoms with Crippen molar-refractivity contribution in [1.29, 1.82) is 0 Å². The first kappa shape index (κ1) is 19.6. The Morgan fingerprint density at radius 1 is 1.22 bits per heavy atom. The fourth-order valence-corrected chi connectivity index (χ4v) is 2.62. The lowest BCUT2D eigenvalue weighted by Gasteiger charge is -2.36. The summed E-state index contributed by atoms with van der Waals surface area (Å²) >= 11 is 0. The lowest BCUT2D eigenvalue weighted by atomic mass is 10.1. The number of carbonyl (C=O) groups is 1. The van der Waals surface area contributed by atoms with Gasteiger partial charge in [-0.1, -0.05) is 32.9 Å². The van der Waals surface area contributed by atoms with Gasteiger partial charge in [-0.25, -0.2) is 9.18 Å². The zero-order valence-corrected chi connectivity index (χ0v) is 15.9. The lowest BCUT2D eigenvalue weighted by Crippen LogP contribution is -2.41. The number of hydrogen-bond donors (Lipinski definition) is 0. The van der Waals surface area contributed by atoms with Crippen molar-refractivity contribution in [2.75, 3.05) is 13.2 Å². The molecular weight excluding hydrogens is 311 g/mol. The molecule has 0 unspecified atom stereocenters. The molecule has 0 spiro atoms. The van der Waals surface area contributed by atoms with E-state index >= 15 is 0 Å². The van der Waals surface area contributed by atoms with Gasteiger partial charge in [0.2, 0.25) is 0 Å². The first-order chi connectivity index (χ1) is 10.6. The number of esters is 1. The number of benzene rings is 1. The maximum atomic E-state index is 13.1. The second kappa shape index (κ2) is 7.88. The minimum atomic E-state index is -1.95. The Morgan fingerprint density at radius 2 is 1.78 bits per heavy atom. The van der Waals surface area contributed by atoms with E-state index in [0.717, 1.165) is 5.56 Å². The smallest absolute Gasteiger partial charge is 0.331 e. The molecule has 0 aliphatic heterocycles. The molecule has 1 aromatic rings. The van der Waals surface area contributed by atoms with Gasteiger partial charge in [-0.05, 0) is 48.3 Å². The third-order valence-electron chi connectivity index (χ3n) is 4.19. The zero-order valence-electron chi connectivity index (χ0n) is 14.9. The average Bonchev–Trinajstić information content (AvgIpc) is 2.43. The highest BCUT2D eigenvalue weighted by Gasteiger charge is 2.37. The Kier molecular flexibility index (Phi) is 6.71. The van der Waals surface area contributed by atoms with Crippen LogP contribution in [0.25, 0.3) is 5.57 Å². The van der Waals surface area contributed by atoms with Crippen molar-refractivity contribution in [2.45, 2.75) is 45.8 Å². The highest BCUT2D eigenvalue weighted by Crippen LogP contribution is 2.37. The minimum absolute atomic E-state index is 0.0742. The quantitative estimate of drug-likeness (QED) is 0.425. The van der Waals surface area contributed by atoms with Crippen LogP contribution in [-0.2, 0) is 14.0 Å². The van der Waals surface area contributed by atoms with Crippen molar-refractivity contribution in [3.8, 4) is 0 Å². The Morgan fingerprint density at radius 3 is 2.26 bits per heavy atom. The molecule has 3 nitrogen and oxygen atoms in total. The molecule has 0 saturated carbocycles. The van der Waals surface area contributed by atoms with Crippen LogP contribution in [0.4, 0.5) is 4.39 Å². The Bertz CT molecular complexity index is 557. The molecule has 0 aliphatic rings. The second-order valence-electron chi connectivity index (χ2n) is 6.98. The standard InChI is InChI=1S/C18H27FO3Si/c1-7-21-17(20)12-15(14-8-10-16(19)11-9-14)13-22-23(5,6)18(2,3)4/h8-12H,7,13H2,1-6H3/b15-12+.